The Labute approximate surface area is 116 Å². The Morgan fingerprint density at radius 1 is 1.35 bits per heavy atom. The third-order valence-corrected chi connectivity index (χ3v) is 2.82. The van der Waals surface area contributed by atoms with Crippen LogP contribution in [-0.4, -0.2) is 48.8 Å². The average molecular weight is 280 g/mol. The molecule has 1 aromatic carbocycles. The van der Waals surface area contributed by atoms with Crippen molar-refractivity contribution in [2.24, 2.45) is 0 Å². The molecule has 1 aromatic rings. The van der Waals surface area contributed by atoms with Crippen molar-refractivity contribution in [3.63, 3.8) is 0 Å². The lowest BCUT2D eigenvalue weighted by Gasteiger charge is -2.22. The van der Waals surface area contributed by atoms with E-state index in [4.69, 9.17) is 14.6 Å². The van der Waals surface area contributed by atoms with Crippen molar-refractivity contribution < 1.29 is 24.2 Å². The average Bonchev–Trinajstić information content (AvgIpc) is 2.45. The van der Waals surface area contributed by atoms with Gasteiger partial charge in [0.25, 0.3) is 0 Å². The minimum atomic E-state index is -0.946. The van der Waals surface area contributed by atoms with Crippen LogP contribution < -0.4 is 14.8 Å². The number of hydrogen-bond donors (Lipinski definition) is 2. The lowest BCUT2D eigenvalue weighted by molar-refractivity contribution is -0.137. The molecule has 0 radical (unpaired) electrons. The molecule has 0 aliphatic carbocycles. The lowest BCUT2D eigenvalue weighted by atomic mass is 10.2. The number of fused-ring (bicyclic) bond motifs is 1. The van der Waals surface area contributed by atoms with E-state index in [-0.39, 0.29) is 13.0 Å². The summed E-state index contributed by atoms with van der Waals surface area (Å²) in [5.41, 5.74) is 0.509. The Bertz CT molecular complexity index is 517. The molecule has 7 nitrogen and oxygen atoms in total. The molecule has 1 aliphatic rings. The molecule has 0 unspecified atom stereocenters. The summed E-state index contributed by atoms with van der Waals surface area (Å²) >= 11 is 0. The van der Waals surface area contributed by atoms with Crippen molar-refractivity contribution in [3.8, 4) is 11.5 Å². The minimum absolute atomic E-state index is 0.101. The van der Waals surface area contributed by atoms with Crippen molar-refractivity contribution in [2.75, 3.05) is 32.1 Å². The van der Waals surface area contributed by atoms with Crippen LogP contribution in [-0.2, 0) is 4.79 Å². The number of nitrogens with one attached hydrogen (secondary N) is 1. The molecule has 1 aliphatic heterocycles. The fraction of sp³-hybridized carbons (Fsp3) is 0.385. The van der Waals surface area contributed by atoms with E-state index in [0.29, 0.717) is 30.4 Å². The van der Waals surface area contributed by atoms with Crippen LogP contribution >= 0.6 is 0 Å². The van der Waals surface area contributed by atoms with Crippen LogP contribution in [0.5, 0.6) is 11.5 Å². The van der Waals surface area contributed by atoms with E-state index < -0.39 is 12.0 Å². The molecule has 0 fully saturated rings. The third kappa shape index (κ3) is 3.31. The fourth-order valence-electron chi connectivity index (χ4n) is 1.75. The van der Waals surface area contributed by atoms with E-state index in [2.05, 4.69) is 5.32 Å². The predicted molar refractivity (Wildman–Crippen MR) is 71.3 cm³/mol. The summed E-state index contributed by atoms with van der Waals surface area (Å²) in [5, 5.41) is 11.3. The first-order valence-electron chi connectivity index (χ1n) is 6.20. The molecule has 0 spiro atoms. The van der Waals surface area contributed by atoms with Crippen molar-refractivity contribution >= 4 is 17.7 Å². The molecule has 108 valence electrons. The number of rotatable bonds is 4. The second-order valence-electron chi connectivity index (χ2n) is 4.33. The maximum absolute atomic E-state index is 11.9. The number of ether oxygens (including phenoxy) is 2. The Morgan fingerprint density at radius 2 is 2.10 bits per heavy atom. The summed E-state index contributed by atoms with van der Waals surface area (Å²) in [6, 6.07) is 4.82. The number of aliphatic carboxylic acids is 1. The number of carbonyl (C=O) groups excluding carboxylic acids is 1. The van der Waals surface area contributed by atoms with Gasteiger partial charge < -0.3 is 24.8 Å². The molecule has 2 N–H and O–H groups in total. The highest BCUT2D eigenvalue weighted by Crippen LogP contribution is 2.37. The van der Waals surface area contributed by atoms with Gasteiger partial charge in [0.1, 0.15) is 13.2 Å². The Hall–Kier alpha value is -2.44. The maximum Gasteiger partial charge on any atom is 0.321 e. The molecule has 0 saturated carbocycles. The fourth-order valence-corrected chi connectivity index (χ4v) is 1.75. The molecular formula is C13H16N2O5. The highest BCUT2D eigenvalue weighted by atomic mass is 16.6. The van der Waals surface area contributed by atoms with Gasteiger partial charge in [-0.05, 0) is 12.1 Å². The number of carboxylic acids is 1. The van der Waals surface area contributed by atoms with Gasteiger partial charge in [-0.25, -0.2) is 4.79 Å². The van der Waals surface area contributed by atoms with Crippen molar-refractivity contribution in [2.45, 2.75) is 6.42 Å². The quantitative estimate of drug-likeness (QED) is 0.870. The zero-order valence-corrected chi connectivity index (χ0v) is 11.1. The zero-order chi connectivity index (χ0) is 14.5. The van der Waals surface area contributed by atoms with Crippen LogP contribution in [0.4, 0.5) is 10.5 Å². The van der Waals surface area contributed by atoms with Crippen LogP contribution in [0.2, 0.25) is 0 Å². The number of amides is 2. The van der Waals surface area contributed by atoms with Crippen molar-refractivity contribution in [1.82, 2.24) is 4.90 Å². The second kappa shape index (κ2) is 6.14. The van der Waals surface area contributed by atoms with Gasteiger partial charge in [0, 0.05) is 13.6 Å². The second-order valence-corrected chi connectivity index (χ2v) is 4.33. The molecule has 0 bridgehead atoms. The van der Waals surface area contributed by atoms with Crippen LogP contribution in [0, 0.1) is 0 Å². The first kappa shape index (κ1) is 14.0. The minimum Gasteiger partial charge on any atom is -0.486 e. The number of urea groups is 1. The third-order valence-electron chi connectivity index (χ3n) is 2.82. The first-order chi connectivity index (χ1) is 9.58. The van der Waals surface area contributed by atoms with E-state index in [1.54, 1.807) is 18.2 Å². The Kier molecular flexibility index (Phi) is 4.29. The summed E-state index contributed by atoms with van der Waals surface area (Å²) in [7, 11) is 1.53. The van der Waals surface area contributed by atoms with Gasteiger partial charge in [0.15, 0.2) is 11.5 Å². The Morgan fingerprint density at radius 3 is 2.85 bits per heavy atom. The summed E-state index contributed by atoms with van der Waals surface area (Å²) in [5.74, 6) is 0.138. The molecule has 2 rings (SSSR count). The van der Waals surface area contributed by atoms with Crippen LogP contribution in [0.15, 0.2) is 18.2 Å². The van der Waals surface area contributed by atoms with E-state index in [1.807, 2.05) is 0 Å². The van der Waals surface area contributed by atoms with Crippen LogP contribution in [0.25, 0.3) is 0 Å². The van der Waals surface area contributed by atoms with Gasteiger partial charge >= 0.3 is 12.0 Å². The lowest BCUT2D eigenvalue weighted by Crippen LogP contribution is -2.33. The number of para-hydroxylation sites is 1. The van der Waals surface area contributed by atoms with E-state index in [9.17, 15) is 9.59 Å². The summed E-state index contributed by atoms with van der Waals surface area (Å²) < 4.78 is 10.9. The number of carboxylic acid groups (broad SMARTS) is 1. The number of carbonyl (C=O) groups is 2. The molecular weight excluding hydrogens is 264 g/mol. The zero-order valence-electron chi connectivity index (χ0n) is 11.1. The van der Waals surface area contributed by atoms with Crippen molar-refractivity contribution in [1.29, 1.82) is 0 Å². The molecule has 20 heavy (non-hydrogen) atoms. The van der Waals surface area contributed by atoms with Gasteiger partial charge in [-0.1, -0.05) is 6.07 Å². The number of nitrogens with zero attached hydrogens (tertiary/aromatic N) is 1. The highest BCUT2D eigenvalue weighted by Gasteiger charge is 2.18. The highest BCUT2D eigenvalue weighted by molar-refractivity contribution is 5.91. The molecule has 0 saturated heterocycles. The normalized spacial score (nSPS) is 12.7. The van der Waals surface area contributed by atoms with Crippen LogP contribution in [0.1, 0.15) is 6.42 Å². The van der Waals surface area contributed by atoms with Gasteiger partial charge in [-0.3, -0.25) is 4.79 Å². The first-order valence-corrected chi connectivity index (χ1v) is 6.20. The number of benzene rings is 1. The molecule has 7 heteroatoms. The summed E-state index contributed by atoms with van der Waals surface area (Å²) in [6.07, 6.45) is -0.101. The summed E-state index contributed by atoms with van der Waals surface area (Å²) in [6.45, 7) is 1.03. The molecule has 0 aromatic heterocycles. The number of hydrogen-bond acceptors (Lipinski definition) is 4. The van der Waals surface area contributed by atoms with Gasteiger partial charge in [-0.2, -0.15) is 0 Å². The largest absolute Gasteiger partial charge is 0.486 e. The topological polar surface area (TPSA) is 88.1 Å². The summed E-state index contributed by atoms with van der Waals surface area (Å²) in [4.78, 5) is 23.7. The van der Waals surface area contributed by atoms with Gasteiger partial charge in [0.05, 0.1) is 12.1 Å². The monoisotopic (exact) mass is 280 g/mol. The SMILES string of the molecule is CN(CCC(=O)O)C(=O)Nc1cccc2c1OCCO2. The molecule has 0 atom stereocenters. The number of anilines is 1. The van der Waals surface area contributed by atoms with E-state index in [1.165, 1.54) is 11.9 Å². The Balaban J connectivity index is 2.02. The van der Waals surface area contributed by atoms with Gasteiger partial charge in [0.2, 0.25) is 0 Å². The van der Waals surface area contributed by atoms with Crippen LogP contribution in [0.3, 0.4) is 0 Å². The maximum atomic E-state index is 11.9. The van der Waals surface area contributed by atoms with E-state index in [0.717, 1.165) is 0 Å². The van der Waals surface area contributed by atoms with E-state index >= 15 is 0 Å². The van der Waals surface area contributed by atoms with Gasteiger partial charge in [-0.15, -0.1) is 0 Å². The predicted octanol–water partition coefficient (Wildman–Crippen LogP) is 1.40. The molecule has 2 amide bonds. The standard InChI is InChI=1S/C13H16N2O5/c1-15(6-5-11(16)17)13(18)14-9-3-2-4-10-12(9)20-8-7-19-10/h2-4H,5-8H2,1H3,(H,14,18)(H,16,17). The smallest absolute Gasteiger partial charge is 0.321 e. The molecule has 1 heterocycles. The van der Waals surface area contributed by atoms with Crippen molar-refractivity contribution in [3.05, 3.63) is 18.2 Å².